The van der Waals surface area contributed by atoms with Gasteiger partial charge in [0.05, 0.1) is 11.8 Å². The van der Waals surface area contributed by atoms with Crippen molar-refractivity contribution >= 4 is 41.4 Å². The Morgan fingerprint density at radius 2 is 1.38 bits per heavy atom. The van der Waals surface area contributed by atoms with Gasteiger partial charge in [0, 0.05) is 16.9 Å². The molecule has 0 spiro atoms. The number of carboxylic acid groups (broad SMARTS) is 1. The third-order valence-electron chi connectivity index (χ3n) is 5.07. The molecule has 0 saturated carbocycles. The van der Waals surface area contributed by atoms with Crippen LogP contribution in [0, 0.1) is 0 Å². The zero-order chi connectivity index (χ0) is 25.5. The fourth-order valence-electron chi connectivity index (χ4n) is 3.38. The van der Waals surface area contributed by atoms with Gasteiger partial charge in [-0.2, -0.15) is 20.1 Å². The maximum atomic E-state index is 11.2. The van der Waals surface area contributed by atoms with E-state index in [1.807, 2.05) is 60.7 Å². The molecular formula is C27H21N7O3. The number of furan rings is 1. The van der Waals surface area contributed by atoms with E-state index in [9.17, 15) is 9.90 Å². The topological polar surface area (TPSA) is 138 Å². The van der Waals surface area contributed by atoms with Gasteiger partial charge < -0.3 is 20.2 Å². The molecule has 0 saturated heterocycles. The third-order valence-corrected chi connectivity index (χ3v) is 5.07. The standard InChI is InChI=1S/C27H21N7O3/c35-24(36)19-9-7-8-18(16-19)23-15-14-22(37-23)17-28-34-27-32-25(29-20-10-3-1-4-11-20)31-26(33-27)30-21-12-5-2-6-13-21/h1-17H,(H,35,36)(H3,29,30,31,32,33,34)/b28-17-. The Kier molecular flexibility index (Phi) is 6.80. The molecule has 0 unspecified atom stereocenters. The molecule has 10 heteroatoms. The Bertz CT molecular complexity index is 1480. The van der Waals surface area contributed by atoms with E-state index in [-0.39, 0.29) is 11.5 Å². The fraction of sp³-hybridized carbons (Fsp3) is 0. The summed E-state index contributed by atoms with van der Waals surface area (Å²) in [5.74, 6) is 0.853. The van der Waals surface area contributed by atoms with Gasteiger partial charge in [0.25, 0.3) is 0 Å². The number of hydrogen-bond donors (Lipinski definition) is 4. The molecule has 2 heterocycles. The maximum Gasteiger partial charge on any atom is 0.335 e. The van der Waals surface area contributed by atoms with Crippen LogP contribution in [0.2, 0.25) is 0 Å². The van der Waals surface area contributed by atoms with Crippen molar-refractivity contribution in [2.45, 2.75) is 0 Å². The Morgan fingerprint density at radius 3 is 2.00 bits per heavy atom. The first kappa shape index (κ1) is 23.2. The van der Waals surface area contributed by atoms with Crippen molar-refractivity contribution in [1.29, 1.82) is 0 Å². The summed E-state index contributed by atoms with van der Waals surface area (Å²) in [5.41, 5.74) is 5.29. The lowest BCUT2D eigenvalue weighted by Crippen LogP contribution is -2.07. The molecule has 37 heavy (non-hydrogen) atoms. The quantitative estimate of drug-likeness (QED) is 0.150. The maximum absolute atomic E-state index is 11.2. The monoisotopic (exact) mass is 491 g/mol. The number of hydrazone groups is 1. The Labute approximate surface area is 211 Å². The minimum atomic E-state index is -1.00. The highest BCUT2D eigenvalue weighted by molar-refractivity contribution is 5.89. The van der Waals surface area contributed by atoms with Gasteiger partial charge in [-0.15, -0.1) is 0 Å². The van der Waals surface area contributed by atoms with Crippen molar-refractivity contribution in [2.24, 2.45) is 5.10 Å². The number of nitrogens with one attached hydrogen (secondary N) is 3. The van der Waals surface area contributed by atoms with Crippen LogP contribution < -0.4 is 16.1 Å². The SMILES string of the molecule is O=C(O)c1cccc(-c2ccc(/C=N\Nc3nc(Nc4ccccc4)nc(Nc4ccccc4)n3)o2)c1. The summed E-state index contributed by atoms with van der Waals surface area (Å²) in [6.45, 7) is 0. The molecular weight excluding hydrogens is 470 g/mol. The van der Waals surface area contributed by atoms with Gasteiger partial charge >= 0.3 is 5.97 Å². The predicted molar refractivity (Wildman–Crippen MR) is 142 cm³/mol. The van der Waals surface area contributed by atoms with Gasteiger partial charge in [-0.1, -0.05) is 48.5 Å². The Morgan fingerprint density at radius 1 is 0.757 bits per heavy atom. The summed E-state index contributed by atoms with van der Waals surface area (Å²) in [5, 5.41) is 19.7. The van der Waals surface area contributed by atoms with Gasteiger partial charge in [-0.25, -0.2) is 10.2 Å². The molecule has 0 aliphatic rings. The second kappa shape index (κ2) is 10.8. The number of nitrogens with zero attached hydrogens (tertiary/aromatic N) is 4. The van der Waals surface area contributed by atoms with Gasteiger partial charge in [-0.3, -0.25) is 0 Å². The number of carbonyl (C=O) groups is 1. The van der Waals surface area contributed by atoms with Crippen molar-refractivity contribution in [3.63, 3.8) is 0 Å². The molecule has 0 radical (unpaired) electrons. The predicted octanol–water partition coefficient (Wildman–Crippen LogP) is 5.76. The lowest BCUT2D eigenvalue weighted by molar-refractivity contribution is 0.0697. The zero-order valence-corrected chi connectivity index (χ0v) is 19.4. The highest BCUT2D eigenvalue weighted by atomic mass is 16.4. The van der Waals surface area contributed by atoms with Crippen LogP contribution in [0.5, 0.6) is 0 Å². The molecule has 0 bridgehead atoms. The number of aromatic carboxylic acids is 1. The zero-order valence-electron chi connectivity index (χ0n) is 19.4. The lowest BCUT2D eigenvalue weighted by Gasteiger charge is -2.10. The van der Waals surface area contributed by atoms with Crippen molar-refractivity contribution in [1.82, 2.24) is 15.0 Å². The molecule has 3 aromatic carbocycles. The van der Waals surface area contributed by atoms with Gasteiger partial charge in [0.2, 0.25) is 17.8 Å². The molecule has 2 aromatic heterocycles. The second-order valence-electron chi connectivity index (χ2n) is 7.75. The smallest absolute Gasteiger partial charge is 0.335 e. The molecule has 0 aliphatic carbocycles. The van der Waals surface area contributed by atoms with Gasteiger partial charge in [0.1, 0.15) is 11.5 Å². The summed E-state index contributed by atoms with van der Waals surface area (Å²) in [6.07, 6.45) is 1.48. The van der Waals surface area contributed by atoms with E-state index in [0.29, 0.717) is 29.0 Å². The normalized spacial score (nSPS) is 10.8. The average molecular weight is 492 g/mol. The van der Waals surface area contributed by atoms with E-state index >= 15 is 0 Å². The summed E-state index contributed by atoms with van der Waals surface area (Å²) in [4.78, 5) is 24.5. The number of benzene rings is 3. The Hall–Kier alpha value is -5.51. The summed E-state index contributed by atoms with van der Waals surface area (Å²) in [7, 11) is 0. The van der Waals surface area contributed by atoms with Crippen LogP contribution in [-0.2, 0) is 0 Å². The number of rotatable bonds is 9. The van der Waals surface area contributed by atoms with Crippen LogP contribution in [0.15, 0.2) is 107 Å². The first-order chi connectivity index (χ1) is 18.1. The van der Waals surface area contributed by atoms with Crippen molar-refractivity contribution < 1.29 is 14.3 Å². The highest BCUT2D eigenvalue weighted by Gasteiger charge is 2.09. The summed E-state index contributed by atoms with van der Waals surface area (Å²) < 4.78 is 5.79. The van der Waals surface area contributed by atoms with E-state index in [2.05, 4.69) is 36.1 Å². The minimum Gasteiger partial charge on any atom is -0.478 e. The molecule has 0 amide bonds. The number of aromatic nitrogens is 3. The molecule has 5 rings (SSSR count). The van der Waals surface area contributed by atoms with Crippen molar-refractivity contribution in [3.8, 4) is 11.3 Å². The second-order valence-corrected chi connectivity index (χ2v) is 7.75. The van der Waals surface area contributed by atoms with E-state index in [1.165, 1.54) is 12.3 Å². The molecule has 0 aliphatic heterocycles. The number of carboxylic acids is 1. The van der Waals surface area contributed by atoms with Crippen LogP contribution in [0.1, 0.15) is 16.1 Å². The molecule has 10 nitrogen and oxygen atoms in total. The largest absolute Gasteiger partial charge is 0.478 e. The first-order valence-corrected chi connectivity index (χ1v) is 11.3. The van der Waals surface area contributed by atoms with Crippen molar-refractivity contribution in [2.75, 3.05) is 16.1 Å². The average Bonchev–Trinajstić information content (AvgIpc) is 3.39. The fourth-order valence-corrected chi connectivity index (χ4v) is 3.38. The summed E-state index contributed by atoms with van der Waals surface area (Å²) >= 11 is 0. The third kappa shape index (κ3) is 6.14. The van der Waals surface area contributed by atoms with Gasteiger partial charge in [-0.05, 0) is 48.5 Å². The van der Waals surface area contributed by atoms with Crippen LogP contribution in [0.25, 0.3) is 11.3 Å². The minimum absolute atomic E-state index is 0.181. The molecule has 5 aromatic rings. The Balaban J connectivity index is 1.34. The van der Waals surface area contributed by atoms with E-state index in [4.69, 9.17) is 4.42 Å². The van der Waals surface area contributed by atoms with Crippen LogP contribution in [-0.4, -0.2) is 32.2 Å². The lowest BCUT2D eigenvalue weighted by atomic mass is 10.1. The van der Waals surface area contributed by atoms with E-state index < -0.39 is 5.97 Å². The molecule has 4 N–H and O–H groups in total. The summed E-state index contributed by atoms with van der Waals surface area (Å²) in [6, 6.07) is 29.1. The van der Waals surface area contributed by atoms with E-state index in [0.717, 1.165) is 11.4 Å². The van der Waals surface area contributed by atoms with Gasteiger partial charge in [0.15, 0.2) is 0 Å². The van der Waals surface area contributed by atoms with E-state index in [1.54, 1.807) is 30.3 Å². The van der Waals surface area contributed by atoms with Crippen LogP contribution in [0.4, 0.5) is 29.2 Å². The molecule has 0 atom stereocenters. The number of anilines is 5. The first-order valence-electron chi connectivity index (χ1n) is 11.3. The van der Waals surface area contributed by atoms with Crippen molar-refractivity contribution in [3.05, 3.63) is 108 Å². The van der Waals surface area contributed by atoms with Crippen LogP contribution >= 0.6 is 0 Å². The number of para-hydroxylation sites is 2. The molecule has 0 fully saturated rings. The van der Waals surface area contributed by atoms with Crippen LogP contribution in [0.3, 0.4) is 0 Å². The highest BCUT2D eigenvalue weighted by Crippen LogP contribution is 2.23. The number of hydrogen-bond acceptors (Lipinski definition) is 9. The molecule has 182 valence electrons.